The zero-order chi connectivity index (χ0) is 23.8. The molecule has 0 unspecified atom stereocenters. The predicted molar refractivity (Wildman–Crippen MR) is 124 cm³/mol. The minimum Gasteiger partial charge on any atom is -0.353 e. The van der Waals surface area contributed by atoms with Crippen molar-refractivity contribution < 1.29 is 18.0 Å². The van der Waals surface area contributed by atoms with Gasteiger partial charge in [-0.1, -0.05) is 51.2 Å². The fraction of sp³-hybridized carbons (Fsp3) is 0.560. The Bertz CT molecular complexity index is 907. The molecule has 1 aromatic carbocycles. The van der Waals surface area contributed by atoms with Crippen LogP contribution in [0.5, 0.6) is 0 Å². The Labute approximate surface area is 194 Å². The van der Waals surface area contributed by atoms with Gasteiger partial charge in [0.2, 0.25) is 5.91 Å². The van der Waals surface area contributed by atoms with Crippen molar-refractivity contribution in [3.8, 4) is 11.4 Å². The first-order chi connectivity index (χ1) is 15.8. The van der Waals surface area contributed by atoms with Gasteiger partial charge in [-0.05, 0) is 25.5 Å². The van der Waals surface area contributed by atoms with Crippen LogP contribution >= 0.6 is 0 Å². The van der Waals surface area contributed by atoms with Gasteiger partial charge in [-0.15, -0.1) is 0 Å². The molecule has 1 aliphatic heterocycles. The van der Waals surface area contributed by atoms with Gasteiger partial charge in [0, 0.05) is 49.9 Å². The molecule has 33 heavy (non-hydrogen) atoms. The largest absolute Gasteiger partial charge is 0.416 e. The summed E-state index contributed by atoms with van der Waals surface area (Å²) < 4.78 is 38.5. The van der Waals surface area contributed by atoms with Crippen molar-refractivity contribution in [2.45, 2.75) is 65.0 Å². The van der Waals surface area contributed by atoms with Gasteiger partial charge in [-0.2, -0.15) is 13.2 Å². The van der Waals surface area contributed by atoms with Crippen LogP contribution in [0.15, 0.2) is 30.3 Å². The maximum Gasteiger partial charge on any atom is 0.416 e. The molecule has 0 bridgehead atoms. The quantitative estimate of drug-likeness (QED) is 0.437. The van der Waals surface area contributed by atoms with Crippen LogP contribution in [0.1, 0.15) is 63.1 Å². The number of piperazine rings is 1. The van der Waals surface area contributed by atoms with E-state index in [0.29, 0.717) is 44.0 Å². The zero-order valence-electron chi connectivity index (χ0n) is 19.5. The maximum absolute atomic E-state index is 12.8. The molecule has 0 spiro atoms. The highest BCUT2D eigenvalue weighted by atomic mass is 19.4. The van der Waals surface area contributed by atoms with Crippen molar-refractivity contribution in [3.63, 3.8) is 0 Å². The summed E-state index contributed by atoms with van der Waals surface area (Å²) in [6.45, 7) is 6.68. The number of halogens is 3. The van der Waals surface area contributed by atoms with E-state index in [4.69, 9.17) is 0 Å². The lowest BCUT2D eigenvalue weighted by Gasteiger charge is -2.35. The van der Waals surface area contributed by atoms with Gasteiger partial charge < -0.3 is 9.80 Å². The minimum atomic E-state index is -4.37. The summed E-state index contributed by atoms with van der Waals surface area (Å²) in [5, 5.41) is 0. The molecule has 1 amide bonds. The number of carbonyl (C=O) groups is 1. The molecule has 1 aromatic heterocycles. The van der Waals surface area contributed by atoms with Crippen LogP contribution in [0.25, 0.3) is 11.4 Å². The Balaban J connectivity index is 1.56. The molecular weight excluding hydrogens is 429 g/mol. The van der Waals surface area contributed by atoms with Crippen molar-refractivity contribution in [1.82, 2.24) is 14.9 Å². The van der Waals surface area contributed by atoms with E-state index in [-0.39, 0.29) is 5.91 Å². The molecule has 1 aliphatic rings. The number of nitrogens with zero attached hydrogens (tertiary/aromatic N) is 4. The lowest BCUT2D eigenvalue weighted by atomic mass is 10.1. The summed E-state index contributed by atoms with van der Waals surface area (Å²) in [6, 6.07) is 6.78. The molecule has 0 atom stereocenters. The van der Waals surface area contributed by atoms with Crippen LogP contribution in [0.2, 0.25) is 0 Å². The van der Waals surface area contributed by atoms with Gasteiger partial charge in [-0.3, -0.25) is 4.79 Å². The van der Waals surface area contributed by atoms with Crippen molar-refractivity contribution in [1.29, 1.82) is 0 Å². The van der Waals surface area contributed by atoms with Crippen LogP contribution in [-0.4, -0.2) is 47.0 Å². The maximum atomic E-state index is 12.8. The monoisotopic (exact) mass is 462 g/mol. The summed E-state index contributed by atoms with van der Waals surface area (Å²) in [5.41, 5.74) is 0.595. The Morgan fingerprint density at radius 3 is 2.21 bits per heavy atom. The third-order valence-electron chi connectivity index (χ3n) is 6.01. The lowest BCUT2D eigenvalue weighted by Crippen LogP contribution is -2.49. The molecule has 180 valence electrons. The summed E-state index contributed by atoms with van der Waals surface area (Å²) >= 11 is 0. The Kier molecular flexibility index (Phi) is 8.69. The molecule has 0 aliphatic carbocycles. The van der Waals surface area contributed by atoms with E-state index in [2.05, 4.69) is 21.8 Å². The van der Waals surface area contributed by atoms with E-state index in [9.17, 15) is 18.0 Å². The molecule has 1 saturated heterocycles. The molecule has 5 nitrogen and oxygen atoms in total. The van der Waals surface area contributed by atoms with E-state index in [0.717, 1.165) is 36.5 Å². The summed E-state index contributed by atoms with van der Waals surface area (Å²) in [5.74, 6) is 1.36. The van der Waals surface area contributed by atoms with E-state index < -0.39 is 11.7 Å². The van der Waals surface area contributed by atoms with Crippen LogP contribution in [-0.2, 0) is 11.0 Å². The molecule has 1 fully saturated rings. The number of aromatic nitrogens is 2. The number of aryl methyl sites for hydroxylation is 1. The Hall–Kier alpha value is -2.64. The second kappa shape index (κ2) is 11.5. The normalized spacial score (nSPS) is 14.6. The van der Waals surface area contributed by atoms with Gasteiger partial charge >= 0.3 is 6.18 Å². The van der Waals surface area contributed by atoms with Crippen LogP contribution in [0, 0.1) is 6.92 Å². The molecule has 8 heteroatoms. The van der Waals surface area contributed by atoms with E-state index in [1.54, 1.807) is 0 Å². The standard InChI is InChI=1S/C25H33F3N4O/c1-3-4-5-6-7-8-9-23(33)32-16-14-31(15-17-32)22-18-19(2)29-24(30-22)20-10-12-21(13-11-20)25(26,27)28/h10-13,18H,3-9,14-17H2,1-2H3. The Morgan fingerprint density at radius 1 is 0.939 bits per heavy atom. The molecule has 2 aromatic rings. The number of alkyl halides is 3. The number of rotatable bonds is 9. The molecule has 3 rings (SSSR count). The number of unbranched alkanes of at least 4 members (excludes halogenated alkanes) is 5. The molecule has 0 saturated carbocycles. The first kappa shape index (κ1) is 25.0. The van der Waals surface area contributed by atoms with Crippen LogP contribution in [0.4, 0.5) is 19.0 Å². The first-order valence-corrected chi connectivity index (χ1v) is 11.8. The molecule has 0 radical (unpaired) electrons. The zero-order valence-corrected chi connectivity index (χ0v) is 19.5. The van der Waals surface area contributed by atoms with Crippen LogP contribution in [0.3, 0.4) is 0 Å². The topological polar surface area (TPSA) is 49.3 Å². The van der Waals surface area contributed by atoms with Gasteiger partial charge in [0.05, 0.1) is 5.56 Å². The molecule has 2 heterocycles. The first-order valence-electron chi connectivity index (χ1n) is 11.8. The van der Waals surface area contributed by atoms with Gasteiger partial charge in [0.1, 0.15) is 5.82 Å². The van der Waals surface area contributed by atoms with Crippen molar-refractivity contribution in [2.75, 3.05) is 31.1 Å². The van der Waals surface area contributed by atoms with Crippen molar-refractivity contribution in [2.24, 2.45) is 0 Å². The highest BCUT2D eigenvalue weighted by Gasteiger charge is 2.30. The third-order valence-corrected chi connectivity index (χ3v) is 6.01. The lowest BCUT2D eigenvalue weighted by molar-refractivity contribution is -0.137. The summed E-state index contributed by atoms with van der Waals surface area (Å²) in [6.07, 6.45) is 3.22. The van der Waals surface area contributed by atoms with E-state index in [1.807, 2.05) is 17.9 Å². The number of carbonyl (C=O) groups excluding carboxylic acids is 1. The SMILES string of the molecule is CCCCCCCCC(=O)N1CCN(c2cc(C)nc(-c3ccc(C(F)(F)F)cc3)n2)CC1. The second-order valence-corrected chi connectivity index (χ2v) is 8.65. The average molecular weight is 463 g/mol. The summed E-state index contributed by atoms with van der Waals surface area (Å²) in [4.78, 5) is 25.6. The molecule has 0 N–H and O–H groups in total. The Morgan fingerprint density at radius 2 is 1.58 bits per heavy atom. The number of hydrogen-bond donors (Lipinski definition) is 0. The van der Waals surface area contributed by atoms with Gasteiger partial charge in [0.25, 0.3) is 0 Å². The smallest absolute Gasteiger partial charge is 0.353 e. The van der Waals surface area contributed by atoms with Crippen molar-refractivity contribution in [3.05, 3.63) is 41.6 Å². The van der Waals surface area contributed by atoms with Crippen LogP contribution < -0.4 is 4.90 Å². The number of amides is 1. The number of benzene rings is 1. The number of hydrogen-bond acceptors (Lipinski definition) is 4. The van der Waals surface area contributed by atoms with Gasteiger partial charge in [0.15, 0.2) is 5.82 Å². The summed E-state index contributed by atoms with van der Waals surface area (Å²) in [7, 11) is 0. The average Bonchev–Trinajstić information content (AvgIpc) is 2.80. The number of anilines is 1. The predicted octanol–water partition coefficient (Wildman–Crippen LogP) is 5.87. The fourth-order valence-electron chi connectivity index (χ4n) is 4.05. The van der Waals surface area contributed by atoms with Gasteiger partial charge in [-0.25, -0.2) is 9.97 Å². The minimum absolute atomic E-state index is 0.217. The highest BCUT2D eigenvalue weighted by molar-refractivity contribution is 5.76. The van der Waals surface area contributed by atoms with E-state index in [1.165, 1.54) is 37.8 Å². The third kappa shape index (κ3) is 7.17. The van der Waals surface area contributed by atoms with E-state index >= 15 is 0 Å². The second-order valence-electron chi connectivity index (χ2n) is 8.65. The molecular formula is C25H33F3N4O. The van der Waals surface area contributed by atoms with Crippen molar-refractivity contribution >= 4 is 11.7 Å². The fourth-order valence-corrected chi connectivity index (χ4v) is 4.05. The highest BCUT2D eigenvalue weighted by Crippen LogP contribution is 2.30.